The maximum absolute atomic E-state index is 8.10. The zero-order valence-electron chi connectivity index (χ0n) is 8.01. The molecule has 0 radical (unpaired) electrons. The predicted molar refractivity (Wildman–Crippen MR) is 57.1 cm³/mol. The summed E-state index contributed by atoms with van der Waals surface area (Å²) < 4.78 is 4.41. The molecule has 1 aromatic carbocycles. The molecule has 5 heteroatoms. The molecular weight excluding hydrogens is 214 g/mol. The van der Waals surface area contributed by atoms with E-state index in [9.17, 15) is 0 Å². The third-order valence-corrected chi connectivity index (χ3v) is 2.75. The summed E-state index contributed by atoms with van der Waals surface area (Å²) in [5.41, 5.74) is 2.02. The summed E-state index contributed by atoms with van der Waals surface area (Å²) >= 11 is 0.946. The Kier molecular flexibility index (Phi) is 3.17. The molecule has 2 aromatic rings. The maximum atomic E-state index is 8.10. The summed E-state index contributed by atoms with van der Waals surface area (Å²) in [6, 6.07) is 7.63. The first-order chi connectivity index (χ1) is 7.33. The molecule has 0 aliphatic heterocycles. The van der Waals surface area contributed by atoms with Crippen LogP contribution < -0.4 is 0 Å². The SMILES string of the molecule is Cc1ccc(SOOO)c2cccnc12. The van der Waals surface area contributed by atoms with Gasteiger partial charge in [-0.05, 0) is 24.6 Å². The van der Waals surface area contributed by atoms with E-state index in [0.29, 0.717) is 0 Å². The van der Waals surface area contributed by atoms with Crippen LogP contribution in [0.4, 0.5) is 0 Å². The Morgan fingerprint density at radius 2 is 2.20 bits per heavy atom. The summed E-state index contributed by atoms with van der Waals surface area (Å²) in [6.45, 7) is 1.99. The van der Waals surface area contributed by atoms with Crippen molar-refractivity contribution in [3.8, 4) is 0 Å². The minimum absolute atomic E-state index is 0.845. The standard InChI is InChI=1S/C10H9NO3S/c1-7-4-5-9(15-14-13-12)8-3-2-6-11-10(7)8/h2-6,12H,1H3. The van der Waals surface area contributed by atoms with Crippen molar-refractivity contribution < 1.29 is 14.6 Å². The van der Waals surface area contributed by atoms with Crippen LogP contribution >= 0.6 is 12.0 Å². The molecule has 0 bridgehead atoms. The smallest absolute Gasteiger partial charge is 0.0743 e. The summed E-state index contributed by atoms with van der Waals surface area (Å²) in [4.78, 5) is 5.12. The first-order valence-corrected chi connectivity index (χ1v) is 5.06. The molecule has 1 heterocycles. The van der Waals surface area contributed by atoms with Crippen LogP contribution in [0, 0.1) is 6.92 Å². The van der Waals surface area contributed by atoms with Gasteiger partial charge in [-0.3, -0.25) is 4.98 Å². The summed E-state index contributed by atoms with van der Waals surface area (Å²) in [7, 11) is 0. The minimum Gasteiger partial charge on any atom is -0.256 e. The maximum Gasteiger partial charge on any atom is 0.0743 e. The topological polar surface area (TPSA) is 51.6 Å². The van der Waals surface area contributed by atoms with Gasteiger partial charge in [-0.15, -0.1) is 4.33 Å². The van der Waals surface area contributed by atoms with Crippen molar-refractivity contribution in [3.63, 3.8) is 0 Å². The molecule has 1 N–H and O–H groups in total. The van der Waals surface area contributed by atoms with Crippen LogP contribution in [-0.2, 0) is 9.37 Å². The fourth-order valence-electron chi connectivity index (χ4n) is 1.41. The van der Waals surface area contributed by atoms with Gasteiger partial charge in [-0.1, -0.05) is 17.2 Å². The van der Waals surface area contributed by atoms with Gasteiger partial charge >= 0.3 is 0 Å². The van der Waals surface area contributed by atoms with Gasteiger partial charge in [0.25, 0.3) is 0 Å². The second kappa shape index (κ2) is 4.59. The highest BCUT2D eigenvalue weighted by Crippen LogP contribution is 2.29. The number of benzene rings is 1. The Morgan fingerprint density at radius 1 is 1.33 bits per heavy atom. The Balaban J connectivity index is 2.51. The summed E-state index contributed by atoms with van der Waals surface area (Å²) in [6.07, 6.45) is 1.74. The number of aryl methyl sites for hydroxylation is 1. The van der Waals surface area contributed by atoms with E-state index in [1.165, 1.54) is 0 Å². The van der Waals surface area contributed by atoms with Crippen molar-refractivity contribution in [2.24, 2.45) is 0 Å². The Morgan fingerprint density at radius 3 is 3.00 bits per heavy atom. The van der Waals surface area contributed by atoms with Crippen LogP contribution in [0.1, 0.15) is 5.56 Å². The van der Waals surface area contributed by atoms with E-state index in [1.807, 2.05) is 31.2 Å². The van der Waals surface area contributed by atoms with Gasteiger partial charge in [0.2, 0.25) is 0 Å². The predicted octanol–water partition coefficient (Wildman–Crippen LogP) is 2.97. The first kappa shape index (κ1) is 10.4. The van der Waals surface area contributed by atoms with Crippen LogP contribution in [0.15, 0.2) is 35.4 Å². The van der Waals surface area contributed by atoms with E-state index in [4.69, 9.17) is 5.26 Å². The lowest BCUT2D eigenvalue weighted by atomic mass is 10.1. The molecule has 0 unspecified atom stereocenters. The van der Waals surface area contributed by atoms with Gasteiger partial charge < -0.3 is 0 Å². The van der Waals surface area contributed by atoms with Crippen LogP contribution in [0.5, 0.6) is 0 Å². The van der Waals surface area contributed by atoms with Crippen molar-refractivity contribution in [2.75, 3.05) is 0 Å². The zero-order valence-corrected chi connectivity index (χ0v) is 8.82. The van der Waals surface area contributed by atoms with E-state index in [2.05, 4.69) is 14.4 Å². The molecule has 1 aromatic heterocycles. The van der Waals surface area contributed by atoms with Gasteiger partial charge in [-0.2, -0.15) is 0 Å². The van der Waals surface area contributed by atoms with Gasteiger partial charge in [0, 0.05) is 16.5 Å². The molecule has 15 heavy (non-hydrogen) atoms. The zero-order chi connectivity index (χ0) is 10.7. The van der Waals surface area contributed by atoms with Gasteiger partial charge in [0.15, 0.2) is 0 Å². The fraction of sp³-hybridized carbons (Fsp3) is 0.100. The van der Waals surface area contributed by atoms with Crippen LogP contribution in [-0.4, -0.2) is 10.2 Å². The van der Waals surface area contributed by atoms with Gasteiger partial charge in [0.05, 0.1) is 17.6 Å². The number of pyridine rings is 1. The van der Waals surface area contributed by atoms with E-state index in [0.717, 1.165) is 33.4 Å². The number of hydrogen-bond donors (Lipinski definition) is 1. The number of aromatic nitrogens is 1. The summed E-state index contributed by atoms with van der Waals surface area (Å²) in [5.74, 6) is 0. The quantitative estimate of drug-likeness (QED) is 0.492. The van der Waals surface area contributed by atoms with Crippen molar-refractivity contribution in [1.29, 1.82) is 0 Å². The van der Waals surface area contributed by atoms with Gasteiger partial charge in [-0.25, -0.2) is 5.26 Å². The molecule has 0 fully saturated rings. The number of nitrogens with zero attached hydrogens (tertiary/aromatic N) is 1. The second-order valence-corrected chi connectivity index (χ2v) is 3.75. The molecule has 0 amide bonds. The average Bonchev–Trinajstić information content (AvgIpc) is 2.29. The first-order valence-electron chi connectivity index (χ1n) is 4.32. The lowest BCUT2D eigenvalue weighted by Crippen LogP contribution is -1.86. The minimum atomic E-state index is 0.845. The highest BCUT2D eigenvalue weighted by Gasteiger charge is 2.05. The monoisotopic (exact) mass is 223 g/mol. The molecule has 0 atom stereocenters. The Hall–Kier alpha value is -1.14. The van der Waals surface area contributed by atoms with E-state index < -0.39 is 0 Å². The third-order valence-electron chi connectivity index (χ3n) is 2.09. The molecule has 78 valence electrons. The third kappa shape index (κ3) is 2.10. The Bertz CT molecular complexity index is 475. The van der Waals surface area contributed by atoms with E-state index in [-0.39, 0.29) is 0 Å². The molecule has 0 aliphatic carbocycles. The molecular formula is C10H9NO3S. The summed E-state index contributed by atoms with van der Waals surface area (Å²) in [5, 5.41) is 12.6. The van der Waals surface area contributed by atoms with Crippen LogP contribution in [0.3, 0.4) is 0 Å². The van der Waals surface area contributed by atoms with Crippen molar-refractivity contribution in [1.82, 2.24) is 4.98 Å². The molecule has 0 saturated heterocycles. The molecule has 0 aliphatic rings. The Labute approximate surface area is 90.9 Å². The molecule has 2 rings (SSSR count). The van der Waals surface area contributed by atoms with Crippen molar-refractivity contribution in [2.45, 2.75) is 11.8 Å². The lowest BCUT2D eigenvalue weighted by Gasteiger charge is -2.05. The second-order valence-electron chi connectivity index (χ2n) is 3.01. The number of rotatable bonds is 3. The van der Waals surface area contributed by atoms with Gasteiger partial charge in [0.1, 0.15) is 0 Å². The average molecular weight is 223 g/mol. The van der Waals surface area contributed by atoms with Crippen LogP contribution in [0.25, 0.3) is 10.9 Å². The number of hydrogen-bond acceptors (Lipinski definition) is 5. The van der Waals surface area contributed by atoms with Crippen LogP contribution in [0.2, 0.25) is 0 Å². The highest BCUT2D eigenvalue weighted by molar-refractivity contribution is 7.94. The molecule has 0 saturated carbocycles. The fourth-order valence-corrected chi connectivity index (χ4v) is 1.89. The highest BCUT2D eigenvalue weighted by atomic mass is 32.2. The molecule has 0 spiro atoms. The lowest BCUT2D eigenvalue weighted by molar-refractivity contribution is -0.432. The van der Waals surface area contributed by atoms with E-state index >= 15 is 0 Å². The number of fused-ring (bicyclic) bond motifs is 1. The van der Waals surface area contributed by atoms with E-state index in [1.54, 1.807) is 6.20 Å². The largest absolute Gasteiger partial charge is 0.256 e. The normalized spacial score (nSPS) is 10.8. The van der Waals surface area contributed by atoms with Crippen molar-refractivity contribution >= 4 is 22.9 Å². The molecule has 4 nitrogen and oxygen atoms in total. The van der Waals surface area contributed by atoms with Crippen molar-refractivity contribution in [3.05, 3.63) is 36.0 Å².